The Hall–Kier alpha value is -3.66. The van der Waals surface area contributed by atoms with Gasteiger partial charge in [-0.2, -0.15) is 18.2 Å². The molecular formula is C26H26F3N3O4. The van der Waals surface area contributed by atoms with Gasteiger partial charge < -0.3 is 9.84 Å². The van der Waals surface area contributed by atoms with Gasteiger partial charge in [-0.3, -0.25) is 13.9 Å². The van der Waals surface area contributed by atoms with Crippen molar-refractivity contribution >= 4 is 11.7 Å². The van der Waals surface area contributed by atoms with Crippen LogP contribution in [0.1, 0.15) is 29.5 Å². The number of halogens is 3. The summed E-state index contributed by atoms with van der Waals surface area (Å²) < 4.78 is 47.3. The van der Waals surface area contributed by atoms with Crippen LogP contribution >= 0.6 is 0 Å². The summed E-state index contributed by atoms with van der Waals surface area (Å²) in [7, 11) is 1.51. The van der Waals surface area contributed by atoms with E-state index in [-0.39, 0.29) is 43.0 Å². The van der Waals surface area contributed by atoms with E-state index in [4.69, 9.17) is 9.84 Å². The molecule has 1 atom stereocenters. The SMILES string of the molecule is Cn1c2c(c(=O)n(CCCO)c1=O)CCC(Cc1ccccc1)C(Oc1ccc(C(F)(F)F)cc1)=N2. The molecule has 190 valence electrons. The van der Waals surface area contributed by atoms with Crippen molar-refractivity contribution < 1.29 is 23.0 Å². The number of nitrogens with zero attached hydrogens (tertiary/aromatic N) is 3. The van der Waals surface area contributed by atoms with Crippen LogP contribution in [0.25, 0.3) is 0 Å². The van der Waals surface area contributed by atoms with Crippen molar-refractivity contribution in [2.45, 2.75) is 38.4 Å². The van der Waals surface area contributed by atoms with Crippen LogP contribution in [0.15, 0.2) is 69.2 Å². The van der Waals surface area contributed by atoms with Crippen molar-refractivity contribution in [3.63, 3.8) is 0 Å². The maximum absolute atomic E-state index is 13.2. The Balaban J connectivity index is 1.77. The summed E-state index contributed by atoms with van der Waals surface area (Å²) in [6.45, 7) is -0.0730. The number of hydrogen-bond acceptors (Lipinski definition) is 5. The third kappa shape index (κ3) is 5.43. The number of aliphatic imine (C=N–C) groups is 1. The predicted molar refractivity (Wildman–Crippen MR) is 129 cm³/mol. The standard InChI is InChI=1S/C26H26F3N3O4/c1-31-22-21(24(34)32(25(31)35)14-5-15-33)13-8-18(16-17-6-3-2-4-7-17)23(30-22)36-20-11-9-19(10-12-20)26(27,28)29/h2-4,6-7,9-12,18,33H,5,8,13-16H2,1H3. The molecule has 1 unspecified atom stereocenters. The second kappa shape index (κ2) is 10.5. The van der Waals surface area contributed by atoms with Crippen LogP contribution in [0.3, 0.4) is 0 Å². The van der Waals surface area contributed by atoms with Crippen LogP contribution in [-0.4, -0.2) is 26.7 Å². The Morgan fingerprint density at radius 1 is 1.08 bits per heavy atom. The first kappa shape index (κ1) is 25.4. The molecule has 4 rings (SSSR count). The monoisotopic (exact) mass is 501 g/mol. The summed E-state index contributed by atoms with van der Waals surface area (Å²) in [6.07, 6.45) is -2.87. The van der Waals surface area contributed by atoms with Gasteiger partial charge in [0, 0.05) is 26.1 Å². The maximum atomic E-state index is 13.2. The van der Waals surface area contributed by atoms with E-state index in [0.717, 1.165) is 22.3 Å². The highest BCUT2D eigenvalue weighted by atomic mass is 19.4. The lowest BCUT2D eigenvalue weighted by molar-refractivity contribution is -0.137. The van der Waals surface area contributed by atoms with Crippen LogP contribution in [0.5, 0.6) is 5.75 Å². The first-order valence-corrected chi connectivity index (χ1v) is 11.6. The van der Waals surface area contributed by atoms with Gasteiger partial charge in [0.05, 0.1) is 11.1 Å². The van der Waals surface area contributed by atoms with E-state index in [1.807, 2.05) is 30.3 Å². The van der Waals surface area contributed by atoms with Crippen LogP contribution in [0.4, 0.5) is 19.0 Å². The van der Waals surface area contributed by atoms with Gasteiger partial charge in [-0.1, -0.05) is 30.3 Å². The lowest BCUT2D eigenvalue weighted by Gasteiger charge is -2.18. The lowest BCUT2D eigenvalue weighted by atomic mass is 9.93. The van der Waals surface area contributed by atoms with Gasteiger partial charge in [0.1, 0.15) is 11.6 Å². The number of fused-ring (bicyclic) bond motifs is 1. The zero-order valence-corrected chi connectivity index (χ0v) is 19.7. The summed E-state index contributed by atoms with van der Waals surface area (Å²) in [5.41, 5.74) is -0.453. The molecule has 1 aromatic heterocycles. The summed E-state index contributed by atoms with van der Waals surface area (Å²) in [5, 5.41) is 9.15. The van der Waals surface area contributed by atoms with Gasteiger partial charge in [0.25, 0.3) is 5.56 Å². The van der Waals surface area contributed by atoms with Crippen molar-refractivity contribution in [2.75, 3.05) is 6.61 Å². The predicted octanol–water partition coefficient (Wildman–Crippen LogP) is 3.86. The first-order chi connectivity index (χ1) is 17.2. The minimum absolute atomic E-state index is 0.0847. The summed E-state index contributed by atoms with van der Waals surface area (Å²) >= 11 is 0. The average Bonchev–Trinajstić information content (AvgIpc) is 3.03. The van der Waals surface area contributed by atoms with Crippen molar-refractivity contribution in [1.82, 2.24) is 9.13 Å². The van der Waals surface area contributed by atoms with Gasteiger partial charge >= 0.3 is 11.9 Å². The molecule has 10 heteroatoms. The van der Waals surface area contributed by atoms with Gasteiger partial charge in [-0.25, -0.2) is 4.79 Å². The molecule has 36 heavy (non-hydrogen) atoms. The molecule has 3 aromatic rings. The number of alkyl halides is 3. The highest BCUT2D eigenvalue weighted by molar-refractivity contribution is 5.84. The van der Waals surface area contributed by atoms with E-state index in [2.05, 4.69) is 4.99 Å². The lowest BCUT2D eigenvalue weighted by Crippen LogP contribution is -2.41. The number of aliphatic hydroxyl groups is 1. The second-order valence-corrected chi connectivity index (χ2v) is 8.68. The molecule has 0 spiro atoms. The molecule has 1 N–H and O–H groups in total. The molecule has 1 aliphatic rings. The molecule has 2 heterocycles. The summed E-state index contributed by atoms with van der Waals surface area (Å²) in [6, 6.07) is 13.9. The van der Waals surface area contributed by atoms with Crippen LogP contribution in [0, 0.1) is 5.92 Å². The molecule has 0 saturated heterocycles. The molecule has 0 amide bonds. The fourth-order valence-corrected chi connectivity index (χ4v) is 4.27. The average molecular weight is 502 g/mol. The number of ether oxygens (including phenoxy) is 1. The van der Waals surface area contributed by atoms with Crippen LogP contribution in [-0.2, 0) is 32.6 Å². The summed E-state index contributed by atoms with van der Waals surface area (Å²) in [4.78, 5) is 30.6. The maximum Gasteiger partial charge on any atom is 0.416 e. The second-order valence-electron chi connectivity index (χ2n) is 8.68. The summed E-state index contributed by atoms with van der Waals surface area (Å²) in [5.74, 6) is 0.273. The normalized spacial score (nSPS) is 15.7. The topological polar surface area (TPSA) is 85.8 Å². The fraction of sp³-hybridized carbons (Fsp3) is 0.346. The molecule has 7 nitrogen and oxygen atoms in total. The molecule has 0 aliphatic carbocycles. The van der Waals surface area contributed by atoms with Crippen molar-refractivity contribution in [1.29, 1.82) is 0 Å². The number of hydrogen-bond donors (Lipinski definition) is 1. The number of aliphatic hydroxyl groups excluding tert-OH is 1. The van der Waals surface area contributed by atoms with Gasteiger partial charge in [0.2, 0.25) is 0 Å². The van der Waals surface area contributed by atoms with Gasteiger partial charge in [0.15, 0.2) is 5.90 Å². The van der Waals surface area contributed by atoms with E-state index >= 15 is 0 Å². The van der Waals surface area contributed by atoms with Crippen molar-refractivity contribution in [3.8, 4) is 5.75 Å². The number of aromatic nitrogens is 2. The van der Waals surface area contributed by atoms with Crippen molar-refractivity contribution in [3.05, 3.63) is 92.1 Å². The molecule has 0 bridgehead atoms. The minimum Gasteiger partial charge on any atom is -0.443 e. The Labute approximate surface area is 205 Å². The number of benzene rings is 2. The van der Waals surface area contributed by atoms with Gasteiger partial charge in [-0.15, -0.1) is 0 Å². The van der Waals surface area contributed by atoms with Crippen molar-refractivity contribution in [2.24, 2.45) is 18.0 Å². The molecule has 0 radical (unpaired) electrons. The largest absolute Gasteiger partial charge is 0.443 e. The molecular weight excluding hydrogens is 475 g/mol. The highest BCUT2D eigenvalue weighted by Gasteiger charge is 2.31. The first-order valence-electron chi connectivity index (χ1n) is 11.6. The Morgan fingerprint density at radius 2 is 1.78 bits per heavy atom. The minimum atomic E-state index is -4.47. The van der Waals surface area contributed by atoms with Crippen LogP contribution < -0.4 is 16.0 Å². The zero-order valence-electron chi connectivity index (χ0n) is 19.7. The smallest absolute Gasteiger partial charge is 0.416 e. The third-order valence-corrected chi connectivity index (χ3v) is 6.19. The third-order valence-electron chi connectivity index (χ3n) is 6.19. The quantitative estimate of drug-likeness (QED) is 0.556. The van der Waals surface area contributed by atoms with Gasteiger partial charge in [-0.05, 0) is 55.5 Å². The molecule has 0 fully saturated rings. The molecule has 0 saturated carbocycles. The Kier molecular flexibility index (Phi) is 7.44. The fourth-order valence-electron chi connectivity index (χ4n) is 4.27. The van der Waals surface area contributed by atoms with E-state index in [9.17, 15) is 22.8 Å². The molecule has 1 aliphatic heterocycles. The van der Waals surface area contributed by atoms with Crippen LogP contribution in [0.2, 0.25) is 0 Å². The highest BCUT2D eigenvalue weighted by Crippen LogP contribution is 2.32. The van der Waals surface area contributed by atoms with E-state index in [1.54, 1.807) is 0 Å². The zero-order chi connectivity index (χ0) is 25.9. The van der Waals surface area contributed by atoms with E-state index in [0.29, 0.717) is 24.8 Å². The van der Waals surface area contributed by atoms with E-state index in [1.165, 1.54) is 23.7 Å². The Bertz CT molecular complexity index is 1360. The molecule has 2 aromatic carbocycles. The Morgan fingerprint density at radius 3 is 2.42 bits per heavy atom. The van der Waals surface area contributed by atoms with E-state index < -0.39 is 23.0 Å². The number of rotatable bonds is 6.